The standard InChI is InChI=1S/C14H28N2O/c1-3-13-11-16(14(4-2)9-15-13)10-12-5-7-17-8-6-12/h12-15H,3-11H2,1-2H3. The van der Waals surface area contributed by atoms with E-state index in [0.29, 0.717) is 6.04 Å². The SMILES string of the molecule is CCC1CN(CC2CCOCC2)C(CC)CN1. The summed E-state index contributed by atoms with van der Waals surface area (Å²) >= 11 is 0. The smallest absolute Gasteiger partial charge is 0.0469 e. The first-order chi connectivity index (χ1) is 8.33. The lowest BCUT2D eigenvalue weighted by atomic mass is 9.96. The van der Waals surface area contributed by atoms with E-state index in [2.05, 4.69) is 24.1 Å². The molecule has 2 rings (SSSR count). The Bertz CT molecular complexity index is 216. The zero-order valence-electron chi connectivity index (χ0n) is 11.5. The number of rotatable bonds is 4. The van der Waals surface area contributed by atoms with E-state index in [1.807, 2.05) is 0 Å². The lowest BCUT2D eigenvalue weighted by molar-refractivity contribution is 0.0347. The maximum Gasteiger partial charge on any atom is 0.0469 e. The number of ether oxygens (including phenoxy) is 1. The van der Waals surface area contributed by atoms with Gasteiger partial charge in [0.05, 0.1) is 0 Å². The summed E-state index contributed by atoms with van der Waals surface area (Å²) in [6.07, 6.45) is 5.04. The highest BCUT2D eigenvalue weighted by Crippen LogP contribution is 2.20. The van der Waals surface area contributed by atoms with Crippen LogP contribution in [-0.4, -0.2) is 49.8 Å². The fourth-order valence-corrected chi connectivity index (χ4v) is 3.09. The molecule has 0 amide bonds. The van der Waals surface area contributed by atoms with Gasteiger partial charge in [-0.05, 0) is 31.6 Å². The van der Waals surface area contributed by atoms with Crippen LogP contribution in [0.2, 0.25) is 0 Å². The number of hydrogen-bond acceptors (Lipinski definition) is 3. The number of nitrogens with zero attached hydrogens (tertiary/aromatic N) is 1. The summed E-state index contributed by atoms with van der Waals surface area (Å²) in [5, 5.41) is 3.67. The maximum absolute atomic E-state index is 5.45. The average molecular weight is 240 g/mol. The van der Waals surface area contributed by atoms with Gasteiger partial charge in [-0.25, -0.2) is 0 Å². The third-order valence-corrected chi connectivity index (χ3v) is 4.41. The van der Waals surface area contributed by atoms with Crippen LogP contribution in [0.1, 0.15) is 39.5 Å². The fraction of sp³-hybridized carbons (Fsp3) is 1.00. The predicted octanol–water partition coefficient (Wildman–Crippen LogP) is 1.88. The summed E-state index contributed by atoms with van der Waals surface area (Å²) in [5.41, 5.74) is 0. The van der Waals surface area contributed by atoms with Gasteiger partial charge in [0.1, 0.15) is 0 Å². The summed E-state index contributed by atoms with van der Waals surface area (Å²) in [7, 11) is 0. The van der Waals surface area contributed by atoms with E-state index in [4.69, 9.17) is 4.74 Å². The highest BCUT2D eigenvalue weighted by molar-refractivity contribution is 4.86. The van der Waals surface area contributed by atoms with Crippen molar-refractivity contribution in [3.63, 3.8) is 0 Å². The van der Waals surface area contributed by atoms with Crippen molar-refractivity contribution in [1.29, 1.82) is 0 Å². The van der Waals surface area contributed by atoms with Crippen LogP contribution in [0.25, 0.3) is 0 Å². The molecule has 0 spiro atoms. The van der Waals surface area contributed by atoms with E-state index in [1.165, 1.54) is 45.3 Å². The molecule has 0 aromatic rings. The first-order valence-electron chi connectivity index (χ1n) is 7.38. The van der Waals surface area contributed by atoms with E-state index in [0.717, 1.165) is 25.2 Å². The fourth-order valence-electron chi connectivity index (χ4n) is 3.09. The molecule has 0 aromatic heterocycles. The van der Waals surface area contributed by atoms with Gasteiger partial charge in [-0.1, -0.05) is 13.8 Å². The van der Waals surface area contributed by atoms with Crippen LogP contribution in [0.5, 0.6) is 0 Å². The zero-order chi connectivity index (χ0) is 12.1. The molecule has 2 saturated heterocycles. The number of piperazine rings is 1. The van der Waals surface area contributed by atoms with Crippen LogP contribution in [-0.2, 0) is 4.74 Å². The van der Waals surface area contributed by atoms with Crippen LogP contribution < -0.4 is 5.32 Å². The topological polar surface area (TPSA) is 24.5 Å². The summed E-state index contributed by atoms with van der Waals surface area (Å²) < 4.78 is 5.45. The molecule has 0 aromatic carbocycles. The van der Waals surface area contributed by atoms with Crippen LogP contribution in [0, 0.1) is 5.92 Å². The van der Waals surface area contributed by atoms with Gasteiger partial charge in [0, 0.05) is 44.9 Å². The van der Waals surface area contributed by atoms with Gasteiger partial charge in [-0.3, -0.25) is 4.90 Å². The van der Waals surface area contributed by atoms with Gasteiger partial charge < -0.3 is 10.1 Å². The van der Waals surface area contributed by atoms with Crippen molar-refractivity contribution < 1.29 is 4.74 Å². The third kappa shape index (κ3) is 3.67. The Morgan fingerprint density at radius 2 is 1.94 bits per heavy atom. The molecule has 100 valence electrons. The van der Waals surface area contributed by atoms with Crippen molar-refractivity contribution in [2.75, 3.05) is 32.8 Å². The molecule has 3 nitrogen and oxygen atoms in total. The van der Waals surface area contributed by atoms with Crippen LogP contribution in [0.15, 0.2) is 0 Å². The average Bonchev–Trinajstić information content (AvgIpc) is 2.40. The Labute approximate surface area is 106 Å². The highest BCUT2D eigenvalue weighted by atomic mass is 16.5. The molecule has 0 radical (unpaired) electrons. The molecular weight excluding hydrogens is 212 g/mol. The monoisotopic (exact) mass is 240 g/mol. The molecule has 1 N–H and O–H groups in total. The minimum absolute atomic E-state index is 0.706. The van der Waals surface area contributed by atoms with Gasteiger partial charge in [0.25, 0.3) is 0 Å². The van der Waals surface area contributed by atoms with E-state index in [9.17, 15) is 0 Å². The summed E-state index contributed by atoms with van der Waals surface area (Å²) in [6, 6.07) is 1.46. The van der Waals surface area contributed by atoms with E-state index >= 15 is 0 Å². The second-order valence-electron chi connectivity index (χ2n) is 5.59. The third-order valence-electron chi connectivity index (χ3n) is 4.41. The van der Waals surface area contributed by atoms with Crippen molar-refractivity contribution in [2.45, 2.75) is 51.6 Å². The van der Waals surface area contributed by atoms with Gasteiger partial charge >= 0.3 is 0 Å². The van der Waals surface area contributed by atoms with Crippen molar-refractivity contribution in [2.24, 2.45) is 5.92 Å². The Kier molecular flexibility index (Phi) is 5.26. The van der Waals surface area contributed by atoms with Crippen LogP contribution >= 0.6 is 0 Å². The molecule has 2 unspecified atom stereocenters. The van der Waals surface area contributed by atoms with Crippen molar-refractivity contribution in [1.82, 2.24) is 10.2 Å². The van der Waals surface area contributed by atoms with Gasteiger partial charge in [-0.15, -0.1) is 0 Å². The van der Waals surface area contributed by atoms with E-state index < -0.39 is 0 Å². The molecule has 2 aliphatic rings. The quantitative estimate of drug-likeness (QED) is 0.812. The van der Waals surface area contributed by atoms with Crippen molar-refractivity contribution in [3.8, 4) is 0 Å². The number of nitrogens with one attached hydrogen (secondary N) is 1. The normalized spacial score (nSPS) is 32.8. The van der Waals surface area contributed by atoms with Crippen molar-refractivity contribution >= 4 is 0 Å². The Balaban J connectivity index is 1.85. The molecule has 17 heavy (non-hydrogen) atoms. The molecule has 2 heterocycles. The predicted molar refractivity (Wildman–Crippen MR) is 71.3 cm³/mol. The molecule has 0 aliphatic carbocycles. The largest absolute Gasteiger partial charge is 0.381 e. The van der Waals surface area contributed by atoms with Crippen LogP contribution in [0.3, 0.4) is 0 Å². The second kappa shape index (κ2) is 6.72. The number of hydrogen-bond donors (Lipinski definition) is 1. The molecule has 3 heteroatoms. The van der Waals surface area contributed by atoms with Crippen molar-refractivity contribution in [3.05, 3.63) is 0 Å². The summed E-state index contributed by atoms with van der Waals surface area (Å²) in [4.78, 5) is 2.74. The zero-order valence-corrected chi connectivity index (χ0v) is 11.5. The molecule has 2 fully saturated rings. The Morgan fingerprint density at radius 3 is 2.59 bits per heavy atom. The molecule has 0 saturated carbocycles. The summed E-state index contributed by atoms with van der Waals surface area (Å²) in [6.45, 7) is 10.3. The van der Waals surface area contributed by atoms with E-state index in [-0.39, 0.29) is 0 Å². The Hall–Kier alpha value is -0.120. The van der Waals surface area contributed by atoms with Gasteiger partial charge in [-0.2, -0.15) is 0 Å². The minimum atomic E-state index is 0.706. The second-order valence-corrected chi connectivity index (χ2v) is 5.59. The lowest BCUT2D eigenvalue weighted by Gasteiger charge is -2.42. The summed E-state index contributed by atoms with van der Waals surface area (Å²) in [5.74, 6) is 0.869. The highest BCUT2D eigenvalue weighted by Gasteiger charge is 2.28. The van der Waals surface area contributed by atoms with Crippen LogP contribution in [0.4, 0.5) is 0 Å². The first kappa shape index (κ1) is 13.3. The molecule has 2 atom stereocenters. The first-order valence-corrected chi connectivity index (χ1v) is 7.38. The minimum Gasteiger partial charge on any atom is -0.381 e. The molecule has 0 bridgehead atoms. The molecule has 2 aliphatic heterocycles. The van der Waals surface area contributed by atoms with E-state index in [1.54, 1.807) is 0 Å². The van der Waals surface area contributed by atoms with Gasteiger partial charge in [0.15, 0.2) is 0 Å². The maximum atomic E-state index is 5.45. The van der Waals surface area contributed by atoms with Gasteiger partial charge in [0.2, 0.25) is 0 Å². The molecular formula is C14H28N2O. The lowest BCUT2D eigenvalue weighted by Crippen LogP contribution is -2.57. The Morgan fingerprint density at radius 1 is 1.18 bits per heavy atom.